The summed E-state index contributed by atoms with van der Waals surface area (Å²) < 4.78 is 2.29. The van der Waals surface area contributed by atoms with Crippen molar-refractivity contribution in [3.8, 4) is 5.69 Å². The summed E-state index contributed by atoms with van der Waals surface area (Å²) in [4.78, 5) is 17.0. The number of hydrogen-bond donors (Lipinski definition) is 0. The van der Waals surface area contributed by atoms with Crippen LogP contribution in [0, 0.1) is 3.57 Å². The van der Waals surface area contributed by atoms with Gasteiger partial charge in [0, 0.05) is 0 Å². The highest BCUT2D eigenvalue weighted by Gasteiger charge is 2.10. The third-order valence-corrected chi connectivity index (χ3v) is 4.60. The molecule has 1 aromatic heterocycles. The Hall–Kier alpha value is -1.95. The van der Waals surface area contributed by atoms with Crippen molar-refractivity contribution in [2.75, 3.05) is 0 Å². The Kier molecular flexibility index (Phi) is 4.68. The van der Waals surface area contributed by atoms with Crippen molar-refractivity contribution in [1.82, 2.24) is 9.55 Å². The predicted molar refractivity (Wildman–Crippen MR) is 96.4 cm³/mol. The van der Waals surface area contributed by atoms with Gasteiger partial charge in [0.25, 0.3) is 5.56 Å². The molecule has 22 heavy (non-hydrogen) atoms. The van der Waals surface area contributed by atoms with E-state index in [1.165, 1.54) is 5.56 Å². The Morgan fingerprint density at radius 3 is 2.23 bits per heavy atom. The summed E-state index contributed by atoms with van der Waals surface area (Å²) >= 11 is 2.10. The highest BCUT2D eigenvalue weighted by molar-refractivity contribution is 14.1. The van der Waals surface area contributed by atoms with Gasteiger partial charge in [0.1, 0.15) is 9.90 Å². The van der Waals surface area contributed by atoms with Gasteiger partial charge in [0.15, 0.2) is 0 Å². The maximum atomic E-state index is 12.5. The largest absolute Gasteiger partial charge is 0.271 e. The van der Waals surface area contributed by atoms with Gasteiger partial charge in [-0.15, -0.1) is 0 Å². The van der Waals surface area contributed by atoms with Gasteiger partial charge in [-0.25, -0.2) is 4.98 Å². The van der Waals surface area contributed by atoms with E-state index in [1.54, 1.807) is 10.9 Å². The van der Waals surface area contributed by atoms with Crippen LogP contribution in [0.3, 0.4) is 0 Å². The third-order valence-electron chi connectivity index (χ3n) is 3.52. The zero-order valence-corrected chi connectivity index (χ0v) is 14.1. The molecule has 0 N–H and O–H groups in total. The summed E-state index contributed by atoms with van der Waals surface area (Å²) in [7, 11) is 0. The van der Waals surface area contributed by atoms with Gasteiger partial charge in [-0.05, 0) is 53.1 Å². The fraction of sp³-hybridized carbons (Fsp3) is 0.111. The molecule has 0 aliphatic carbocycles. The second-order valence-corrected chi connectivity index (χ2v) is 6.08. The molecule has 0 unspecified atom stereocenters. The van der Waals surface area contributed by atoms with Crippen molar-refractivity contribution >= 4 is 22.6 Å². The first kappa shape index (κ1) is 15.0. The lowest BCUT2D eigenvalue weighted by Crippen LogP contribution is -2.23. The zero-order chi connectivity index (χ0) is 15.4. The predicted octanol–water partition coefficient (Wildman–Crippen LogP) is 3.62. The van der Waals surface area contributed by atoms with Gasteiger partial charge < -0.3 is 0 Å². The van der Waals surface area contributed by atoms with Crippen LogP contribution in [0.2, 0.25) is 0 Å². The van der Waals surface area contributed by atoms with E-state index < -0.39 is 0 Å². The maximum absolute atomic E-state index is 12.5. The van der Waals surface area contributed by atoms with Crippen LogP contribution in [-0.4, -0.2) is 9.55 Å². The second kappa shape index (κ2) is 6.87. The molecule has 0 spiro atoms. The summed E-state index contributed by atoms with van der Waals surface area (Å²) in [5.41, 5.74) is 2.95. The van der Waals surface area contributed by atoms with Gasteiger partial charge in [0.05, 0.1) is 11.4 Å². The van der Waals surface area contributed by atoms with E-state index in [1.807, 2.05) is 48.5 Å². The van der Waals surface area contributed by atoms with Crippen molar-refractivity contribution in [2.24, 2.45) is 0 Å². The molecule has 110 valence electrons. The average Bonchev–Trinajstić information content (AvgIpc) is 2.58. The van der Waals surface area contributed by atoms with Gasteiger partial charge in [-0.1, -0.05) is 48.5 Å². The molecule has 0 aliphatic rings. The Labute approximate surface area is 142 Å². The molecular formula is C18H15IN2O. The number of nitrogens with zero attached hydrogens (tertiary/aromatic N) is 2. The number of benzene rings is 2. The minimum Gasteiger partial charge on any atom is -0.268 e. The van der Waals surface area contributed by atoms with Crippen LogP contribution in [0.4, 0.5) is 0 Å². The second-order valence-electron chi connectivity index (χ2n) is 5.00. The number of aromatic nitrogens is 2. The van der Waals surface area contributed by atoms with Gasteiger partial charge >= 0.3 is 0 Å². The lowest BCUT2D eigenvalue weighted by molar-refractivity contribution is 0.838. The summed E-state index contributed by atoms with van der Waals surface area (Å²) in [6.45, 7) is 0. The van der Waals surface area contributed by atoms with Crippen LogP contribution in [0.5, 0.6) is 0 Å². The van der Waals surface area contributed by atoms with E-state index in [9.17, 15) is 4.79 Å². The van der Waals surface area contributed by atoms with E-state index in [2.05, 4.69) is 39.7 Å². The van der Waals surface area contributed by atoms with Crippen molar-refractivity contribution in [3.63, 3.8) is 0 Å². The van der Waals surface area contributed by atoms with Gasteiger partial charge in [-0.3, -0.25) is 9.36 Å². The molecule has 0 aliphatic heterocycles. The molecule has 0 amide bonds. The Balaban J connectivity index is 1.86. The van der Waals surface area contributed by atoms with E-state index in [4.69, 9.17) is 0 Å². The van der Waals surface area contributed by atoms with Crippen LogP contribution < -0.4 is 5.56 Å². The van der Waals surface area contributed by atoms with Crippen LogP contribution in [0.15, 0.2) is 71.8 Å². The topological polar surface area (TPSA) is 34.9 Å². The zero-order valence-electron chi connectivity index (χ0n) is 11.9. The molecule has 2 aromatic carbocycles. The lowest BCUT2D eigenvalue weighted by atomic mass is 10.1. The molecule has 4 heteroatoms. The molecule has 3 rings (SSSR count). The number of aryl methyl sites for hydroxylation is 2. The number of rotatable bonds is 4. The Morgan fingerprint density at radius 2 is 1.55 bits per heavy atom. The van der Waals surface area contributed by atoms with E-state index in [0.29, 0.717) is 3.57 Å². The van der Waals surface area contributed by atoms with E-state index in [0.717, 1.165) is 24.2 Å². The minimum absolute atomic E-state index is 0.00939. The fourth-order valence-electron chi connectivity index (χ4n) is 2.32. The lowest BCUT2D eigenvalue weighted by Gasteiger charge is -2.09. The van der Waals surface area contributed by atoms with Crippen LogP contribution in [0.25, 0.3) is 5.69 Å². The standard InChI is InChI=1S/C18H15IN2O/c19-17-16(12-11-14-7-3-1-4-8-14)20-13-21(18(17)22)15-9-5-2-6-10-15/h1-10,13H,11-12H2. The van der Waals surface area contributed by atoms with Gasteiger partial charge in [0.2, 0.25) is 0 Å². The average molecular weight is 402 g/mol. The molecule has 1 heterocycles. The van der Waals surface area contributed by atoms with Crippen molar-refractivity contribution in [3.05, 3.63) is 92.2 Å². The Bertz CT molecular complexity index is 813. The SMILES string of the molecule is O=c1c(I)c(CCc2ccccc2)ncn1-c1ccccc1. The highest BCUT2D eigenvalue weighted by atomic mass is 127. The van der Waals surface area contributed by atoms with Crippen LogP contribution >= 0.6 is 22.6 Å². The van der Waals surface area contributed by atoms with Crippen LogP contribution in [-0.2, 0) is 12.8 Å². The molecule has 0 fully saturated rings. The van der Waals surface area contributed by atoms with Crippen molar-refractivity contribution in [2.45, 2.75) is 12.8 Å². The minimum atomic E-state index is -0.00939. The quantitative estimate of drug-likeness (QED) is 0.625. The number of halogens is 1. The number of para-hydroxylation sites is 1. The molecule has 0 saturated carbocycles. The smallest absolute Gasteiger partial charge is 0.268 e. The van der Waals surface area contributed by atoms with Crippen LogP contribution in [0.1, 0.15) is 11.3 Å². The fourth-order valence-corrected chi connectivity index (χ4v) is 2.99. The summed E-state index contributed by atoms with van der Waals surface area (Å²) in [5, 5.41) is 0. The summed E-state index contributed by atoms with van der Waals surface area (Å²) in [6, 6.07) is 19.8. The molecule has 0 atom stereocenters. The first-order valence-electron chi connectivity index (χ1n) is 7.11. The monoisotopic (exact) mass is 402 g/mol. The first-order chi connectivity index (χ1) is 10.8. The van der Waals surface area contributed by atoms with Crippen molar-refractivity contribution < 1.29 is 0 Å². The summed E-state index contributed by atoms with van der Waals surface area (Å²) in [6.07, 6.45) is 3.28. The first-order valence-corrected chi connectivity index (χ1v) is 8.19. The Morgan fingerprint density at radius 1 is 0.909 bits per heavy atom. The van der Waals surface area contributed by atoms with Crippen molar-refractivity contribution in [1.29, 1.82) is 0 Å². The third kappa shape index (κ3) is 3.27. The highest BCUT2D eigenvalue weighted by Crippen LogP contribution is 2.11. The summed E-state index contributed by atoms with van der Waals surface area (Å²) in [5.74, 6) is 0. The van der Waals surface area contributed by atoms with E-state index in [-0.39, 0.29) is 5.56 Å². The normalized spacial score (nSPS) is 10.6. The molecule has 0 saturated heterocycles. The maximum Gasteiger partial charge on any atom is 0.271 e. The molecule has 3 aromatic rings. The number of hydrogen-bond acceptors (Lipinski definition) is 2. The molecule has 0 radical (unpaired) electrons. The van der Waals surface area contributed by atoms with Gasteiger partial charge in [-0.2, -0.15) is 0 Å². The molecule has 0 bridgehead atoms. The molecule has 3 nitrogen and oxygen atoms in total. The van der Waals surface area contributed by atoms with E-state index >= 15 is 0 Å². The molecular weight excluding hydrogens is 387 g/mol.